The number of pyridine rings is 1. The largest absolute Gasteiger partial charge is 0.361 e. The second-order valence-electron chi connectivity index (χ2n) is 4.96. The first-order valence-electron chi connectivity index (χ1n) is 5.33. The van der Waals surface area contributed by atoms with Gasteiger partial charge in [-0.1, -0.05) is 37.3 Å². The van der Waals surface area contributed by atoms with E-state index in [1.807, 2.05) is 0 Å². The Morgan fingerprint density at radius 3 is 2.62 bits per heavy atom. The van der Waals surface area contributed by atoms with E-state index in [-0.39, 0.29) is 12.3 Å². The molecule has 0 aromatic carbocycles. The Labute approximate surface area is 102 Å². The van der Waals surface area contributed by atoms with Gasteiger partial charge in [-0.2, -0.15) is 0 Å². The molecule has 3 nitrogen and oxygen atoms in total. The zero-order valence-electron chi connectivity index (χ0n) is 10.00. The molecule has 1 rings (SSSR count). The van der Waals surface area contributed by atoms with Crippen molar-refractivity contribution in [1.82, 2.24) is 4.57 Å². The minimum Gasteiger partial charge on any atom is -0.361 e. The Balaban J connectivity index is 2.47. The predicted molar refractivity (Wildman–Crippen MR) is 69.8 cm³/mol. The van der Waals surface area contributed by atoms with Crippen molar-refractivity contribution in [3.05, 3.63) is 33.7 Å². The number of hydrogen-bond acceptors (Lipinski definition) is 2. The van der Waals surface area contributed by atoms with E-state index in [0.29, 0.717) is 11.8 Å². The molecule has 0 saturated heterocycles. The van der Waals surface area contributed by atoms with Crippen molar-refractivity contribution in [3.63, 3.8) is 0 Å². The van der Waals surface area contributed by atoms with Crippen LogP contribution in [0.4, 0.5) is 0 Å². The van der Waals surface area contributed by atoms with Crippen LogP contribution in [-0.4, -0.2) is 19.2 Å². The van der Waals surface area contributed by atoms with Crippen LogP contribution < -0.4 is 5.56 Å². The molecule has 0 spiro atoms. The van der Waals surface area contributed by atoms with Crippen molar-refractivity contribution in [3.8, 4) is 0 Å². The van der Waals surface area contributed by atoms with E-state index in [0.717, 1.165) is 6.04 Å². The van der Waals surface area contributed by atoms with E-state index < -0.39 is 8.07 Å². The maximum Gasteiger partial charge on any atom is 0.253 e. The monoisotopic (exact) mass is 259 g/mol. The van der Waals surface area contributed by atoms with Gasteiger partial charge < -0.3 is 4.74 Å². The van der Waals surface area contributed by atoms with Gasteiger partial charge in [-0.15, -0.1) is 0 Å². The van der Waals surface area contributed by atoms with Crippen molar-refractivity contribution < 1.29 is 4.74 Å². The SMILES string of the molecule is C[Si](C)(C)CCOCn1c(Cl)cccc1=O. The predicted octanol–water partition coefficient (Wildman–Crippen LogP) is 2.81. The highest BCUT2D eigenvalue weighted by atomic mass is 35.5. The molecule has 0 bridgehead atoms. The first-order chi connectivity index (χ1) is 7.40. The molecule has 0 atom stereocenters. The molecule has 0 radical (unpaired) electrons. The third kappa shape index (κ3) is 4.51. The molecule has 0 aliphatic rings. The van der Waals surface area contributed by atoms with E-state index in [9.17, 15) is 4.79 Å². The van der Waals surface area contributed by atoms with Gasteiger partial charge in [0.15, 0.2) is 0 Å². The van der Waals surface area contributed by atoms with Crippen LogP contribution in [0.1, 0.15) is 0 Å². The van der Waals surface area contributed by atoms with Crippen molar-refractivity contribution in [1.29, 1.82) is 0 Å². The molecule has 0 amide bonds. The summed E-state index contributed by atoms with van der Waals surface area (Å²) in [5.74, 6) is 0. The standard InChI is InChI=1S/C11H18ClNO2Si/c1-16(2,3)8-7-15-9-13-10(12)5-4-6-11(13)14/h4-6H,7-9H2,1-3H3. The lowest BCUT2D eigenvalue weighted by Crippen LogP contribution is -2.24. The van der Waals surface area contributed by atoms with Gasteiger partial charge in [0.2, 0.25) is 0 Å². The molecule has 16 heavy (non-hydrogen) atoms. The summed E-state index contributed by atoms with van der Waals surface area (Å²) in [5.41, 5.74) is -0.125. The van der Waals surface area contributed by atoms with Crippen LogP contribution in [0.5, 0.6) is 0 Å². The summed E-state index contributed by atoms with van der Waals surface area (Å²) in [6.07, 6.45) is 0. The highest BCUT2D eigenvalue weighted by molar-refractivity contribution is 6.76. The Morgan fingerprint density at radius 1 is 1.38 bits per heavy atom. The summed E-state index contributed by atoms with van der Waals surface area (Å²) in [5, 5.41) is 0.417. The Morgan fingerprint density at radius 2 is 2.06 bits per heavy atom. The molecule has 0 saturated carbocycles. The molecular formula is C11H18ClNO2Si. The number of nitrogens with zero attached hydrogens (tertiary/aromatic N) is 1. The van der Waals surface area contributed by atoms with E-state index in [4.69, 9.17) is 16.3 Å². The van der Waals surface area contributed by atoms with Crippen molar-refractivity contribution in [2.75, 3.05) is 6.61 Å². The van der Waals surface area contributed by atoms with Gasteiger partial charge in [0, 0.05) is 20.7 Å². The normalized spacial score (nSPS) is 11.8. The summed E-state index contributed by atoms with van der Waals surface area (Å²) in [7, 11) is -1.07. The molecule has 0 unspecified atom stereocenters. The number of hydrogen-bond donors (Lipinski definition) is 0. The zero-order valence-corrected chi connectivity index (χ0v) is 11.8. The average Bonchev–Trinajstić information content (AvgIpc) is 2.14. The number of halogens is 1. The Hall–Kier alpha value is -0.583. The van der Waals surface area contributed by atoms with Crippen LogP contribution in [0.15, 0.2) is 23.0 Å². The highest BCUT2D eigenvalue weighted by Crippen LogP contribution is 2.09. The van der Waals surface area contributed by atoms with E-state index in [2.05, 4.69) is 19.6 Å². The van der Waals surface area contributed by atoms with Crippen molar-refractivity contribution >= 4 is 19.7 Å². The second-order valence-corrected chi connectivity index (χ2v) is 11.0. The maximum atomic E-state index is 11.4. The van der Waals surface area contributed by atoms with Crippen LogP contribution >= 0.6 is 11.6 Å². The van der Waals surface area contributed by atoms with E-state index in [1.54, 1.807) is 12.1 Å². The van der Waals surface area contributed by atoms with E-state index >= 15 is 0 Å². The summed E-state index contributed by atoms with van der Waals surface area (Å²) in [4.78, 5) is 11.4. The van der Waals surface area contributed by atoms with E-state index in [1.165, 1.54) is 10.6 Å². The first-order valence-corrected chi connectivity index (χ1v) is 9.42. The lowest BCUT2D eigenvalue weighted by Gasteiger charge is -2.16. The smallest absolute Gasteiger partial charge is 0.253 e. The second kappa shape index (κ2) is 5.66. The van der Waals surface area contributed by atoms with Gasteiger partial charge in [-0.05, 0) is 12.1 Å². The minimum absolute atomic E-state index is 0.125. The quantitative estimate of drug-likeness (QED) is 0.463. The first kappa shape index (κ1) is 13.5. The fourth-order valence-electron chi connectivity index (χ4n) is 1.15. The third-order valence-electron chi connectivity index (χ3n) is 2.21. The number of rotatable bonds is 5. The fourth-order valence-corrected chi connectivity index (χ4v) is 2.12. The van der Waals surface area contributed by atoms with Crippen molar-refractivity contribution in [2.24, 2.45) is 0 Å². The number of ether oxygens (including phenoxy) is 1. The van der Waals surface area contributed by atoms with Gasteiger partial charge in [-0.25, -0.2) is 0 Å². The average molecular weight is 260 g/mol. The lowest BCUT2D eigenvalue weighted by atomic mass is 10.5. The summed E-state index contributed by atoms with van der Waals surface area (Å²) in [6, 6.07) is 5.90. The molecule has 1 aromatic rings. The summed E-state index contributed by atoms with van der Waals surface area (Å²) in [6.45, 7) is 7.80. The van der Waals surface area contributed by atoms with Gasteiger partial charge in [0.05, 0.1) is 0 Å². The van der Waals surface area contributed by atoms with Crippen LogP contribution in [0.3, 0.4) is 0 Å². The topological polar surface area (TPSA) is 31.2 Å². The molecule has 0 aliphatic carbocycles. The molecule has 1 heterocycles. The summed E-state index contributed by atoms with van der Waals surface area (Å²) < 4.78 is 6.89. The molecule has 0 N–H and O–H groups in total. The molecule has 90 valence electrons. The van der Waals surface area contributed by atoms with Gasteiger partial charge in [0.1, 0.15) is 11.9 Å². The van der Waals surface area contributed by atoms with Crippen LogP contribution in [0.2, 0.25) is 30.8 Å². The van der Waals surface area contributed by atoms with Crippen molar-refractivity contribution in [2.45, 2.75) is 32.4 Å². The molecule has 5 heteroatoms. The maximum absolute atomic E-state index is 11.4. The lowest BCUT2D eigenvalue weighted by molar-refractivity contribution is 0.0850. The zero-order chi connectivity index (χ0) is 12.2. The van der Waals surface area contributed by atoms with Crippen LogP contribution in [0.25, 0.3) is 0 Å². The third-order valence-corrected chi connectivity index (χ3v) is 4.25. The number of aromatic nitrogens is 1. The Bertz CT molecular complexity index is 398. The van der Waals surface area contributed by atoms with Gasteiger partial charge in [0.25, 0.3) is 5.56 Å². The van der Waals surface area contributed by atoms with Gasteiger partial charge >= 0.3 is 0 Å². The molecular weight excluding hydrogens is 242 g/mol. The molecule has 1 aromatic heterocycles. The van der Waals surface area contributed by atoms with Crippen LogP contribution in [0, 0.1) is 0 Å². The Kier molecular flexibility index (Phi) is 4.77. The molecule has 0 fully saturated rings. The van der Waals surface area contributed by atoms with Gasteiger partial charge in [-0.3, -0.25) is 9.36 Å². The van der Waals surface area contributed by atoms with Crippen LogP contribution in [-0.2, 0) is 11.5 Å². The molecule has 0 aliphatic heterocycles. The highest BCUT2D eigenvalue weighted by Gasteiger charge is 2.12. The summed E-state index contributed by atoms with van der Waals surface area (Å²) >= 11 is 5.89. The minimum atomic E-state index is -1.07. The fraction of sp³-hybridized carbons (Fsp3) is 0.545.